The molecule has 1 aliphatic rings. The minimum absolute atomic E-state index is 0.0585. The molecule has 3 aromatic rings. The maximum absolute atomic E-state index is 5.52. The first kappa shape index (κ1) is 17.8. The van der Waals surface area contributed by atoms with Crippen LogP contribution < -0.4 is 4.74 Å². The predicted molar refractivity (Wildman–Crippen MR) is 111 cm³/mol. The van der Waals surface area contributed by atoms with Gasteiger partial charge >= 0.3 is 0 Å². The molecule has 2 heteroatoms. The van der Waals surface area contributed by atoms with Gasteiger partial charge in [-0.2, -0.15) is 0 Å². The summed E-state index contributed by atoms with van der Waals surface area (Å²) in [7, 11) is 1.75. The Kier molecular flexibility index (Phi) is 5.26. The van der Waals surface area contributed by atoms with Crippen LogP contribution in [-0.4, -0.2) is 25.1 Å². The first-order chi connectivity index (χ1) is 13.3. The fraction of sp³-hybridized carbons (Fsp3) is 0.280. The molecule has 0 aliphatic carbocycles. The zero-order valence-corrected chi connectivity index (χ0v) is 16.0. The lowest BCUT2D eigenvalue weighted by molar-refractivity contribution is 0.172. The van der Waals surface area contributed by atoms with Crippen LogP contribution in [0.2, 0.25) is 0 Å². The van der Waals surface area contributed by atoms with Crippen LogP contribution >= 0.6 is 0 Å². The molecule has 0 spiro atoms. The lowest BCUT2D eigenvalue weighted by atomic mass is 9.68. The number of likely N-dealkylation sites (tertiary alicyclic amines) is 1. The summed E-state index contributed by atoms with van der Waals surface area (Å²) in [6, 6.07) is 30.4. The SMILES string of the molecule is COc1cccc(C2(c3ccccc3)CCN(Cc3ccccc3)CC2)c1. The molecule has 0 N–H and O–H groups in total. The highest BCUT2D eigenvalue weighted by atomic mass is 16.5. The molecule has 2 nitrogen and oxygen atoms in total. The van der Waals surface area contributed by atoms with Gasteiger partial charge in [0.2, 0.25) is 0 Å². The lowest BCUT2D eigenvalue weighted by Crippen LogP contribution is -2.43. The van der Waals surface area contributed by atoms with Crippen LogP contribution in [0.5, 0.6) is 5.75 Å². The Labute approximate surface area is 162 Å². The van der Waals surface area contributed by atoms with Crippen LogP contribution in [0.3, 0.4) is 0 Å². The number of nitrogens with zero attached hydrogens (tertiary/aromatic N) is 1. The number of hydrogen-bond acceptors (Lipinski definition) is 2. The van der Waals surface area contributed by atoms with E-state index < -0.39 is 0 Å². The van der Waals surface area contributed by atoms with Gasteiger partial charge in [-0.1, -0.05) is 72.8 Å². The second-order valence-corrected chi connectivity index (χ2v) is 7.44. The Hall–Kier alpha value is -2.58. The minimum atomic E-state index is 0.0585. The molecule has 1 aliphatic heterocycles. The molecule has 0 bridgehead atoms. The lowest BCUT2D eigenvalue weighted by Gasteiger charge is -2.43. The molecule has 3 aromatic carbocycles. The van der Waals surface area contributed by atoms with E-state index in [1.807, 2.05) is 6.07 Å². The van der Waals surface area contributed by atoms with Crippen molar-refractivity contribution in [3.63, 3.8) is 0 Å². The van der Waals surface area contributed by atoms with Crippen LogP contribution in [-0.2, 0) is 12.0 Å². The van der Waals surface area contributed by atoms with Crippen molar-refractivity contribution < 1.29 is 4.74 Å². The van der Waals surface area contributed by atoms with E-state index in [1.54, 1.807) is 7.11 Å². The Morgan fingerprint density at radius 2 is 1.41 bits per heavy atom. The van der Waals surface area contributed by atoms with Crippen LogP contribution in [0.15, 0.2) is 84.9 Å². The molecule has 4 rings (SSSR count). The summed E-state index contributed by atoms with van der Waals surface area (Å²) in [5.74, 6) is 0.939. The first-order valence-corrected chi connectivity index (χ1v) is 9.76. The highest BCUT2D eigenvalue weighted by Crippen LogP contribution is 2.42. The van der Waals surface area contributed by atoms with E-state index in [1.165, 1.54) is 16.7 Å². The van der Waals surface area contributed by atoms with Crippen molar-refractivity contribution in [3.05, 3.63) is 102 Å². The molecular formula is C25H27NO. The van der Waals surface area contributed by atoms with E-state index in [2.05, 4.69) is 83.8 Å². The average molecular weight is 357 g/mol. The van der Waals surface area contributed by atoms with Gasteiger partial charge in [0, 0.05) is 12.0 Å². The van der Waals surface area contributed by atoms with Crippen LogP contribution in [0, 0.1) is 0 Å². The second kappa shape index (κ2) is 7.98. The molecule has 0 amide bonds. The highest BCUT2D eigenvalue weighted by Gasteiger charge is 2.37. The zero-order chi connectivity index (χ0) is 18.5. The maximum Gasteiger partial charge on any atom is 0.119 e. The van der Waals surface area contributed by atoms with Gasteiger partial charge in [0.1, 0.15) is 5.75 Å². The van der Waals surface area contributed by atoms with Crippen LogP contribution in [0.4, 0.5) is 0 Å². The molecular weight excluding hydrogens is 330 g/mol. The van der Waals surface area contributed by atoms with E-state index in [0.717, 1.165) is 38.2 Å². The van der Waals surface area contributed by atoms with E-state index in [0.29, 0.717) is 0 Å². The molecule has 0 saturated carbocycles. The van der Waals surface area contributed by atoms with Crippen molar-refractivity contribution >= 4 is 0 Å². The standard InChI is InChI=1S/C25H27NO/c1-27-24-14-8-13-23(19-24)25(22-11-6-3-7-12-22)15-17-26(18-16-25)20-21-9-4-2-5-10-21/h2-14,19H,15-18,20H2,1H3. The molecule has 1 fully saturated rings. The van der Waals surface area contributed by atoms with Crippen molar-refractivity contribution in [1.29, 1.82) is 0 Å². The number of ether oxygens (including phenoxy) is 1. The first-order valence-electron chi connectivity index (χ1n) is 9.76. The number of hydrogen-bond donors (Lipinski definition) is 0. The second-order valence-electron chi connectivity index (χ2n) is 7.44. The fourth-order valence-corrected chi connectivity index (χ4v) is 4.36. The third-order valence-corrected chi connectivity index (χ3v) is 5.91. The minimum Gasteiger partial charge on any atom is -0.497 e. The summed E-state index contributed by atoms with van der Waals surface area (Å²) in [5.41, 5.74) is 4.24. The molecule has 1 heterocycles. The summed E-state index contributed by atoms with van der Waals surface area (Å²) in [5, 5.41) is 0. The maximum atomic E-state index is 5.52. The van der Waals surface area contributed by atoms with Gasteiger partial charge in [0.25, 0.3) is 0 Å². The molecule has 1 saturated heterocycles. The van der Waals surface area contributed by atoms with Gasteiger partial charge in [-0.15, -0.1) is 0 Å². The smallest absolute Gasteiger partial charge is 0.119 e. The van der Waals surface area contributed by atoms with Crippen molar-refractivity contribution in [1.82, 2.24) is 4.90 Å². The van der Waals surface area contributed by atoms with Gasteiger partial charge < -0.3 is 4.74 Å². The number of benzene rings is 3. The Morgan fingerprint density at radius 3 is 2.07 bits per heavy atom. The largest absolute Gasteiger partial charge is 0.497 e. The quantitative estimate of drug-likeness (QED) is 0.616. The third-order valence-electron chi connectivity index (χ3n) is 5.91. The van der Waals surface area contributed by atoms with E-state index in [4.69, 9.17) is 4.74 Å². The Balaban J connectivity index is 1.61. The Bertz CT molecular complexity index is 852. The predicted octanol–water partition coefficient (Wildman–Crippen LogP) is 5.28. The topological polar surface area (TPSA) is 12.5 Å². The summed E-state index contributed by atoms with van der Waals surface area (Å²) >= 11 is 0. The van der Waals surface area contributed by atoms with Crippen molar-refractivity contribution in [3.8, 4) is 5.75 Å². The summed E-state index contributed by atoms with van der Waals surface area (Å²) in [4.78, 5) is 2.58. The Morgan fingerprint density at radius 1 is 0.778 bits per heavy atom. The van der Waals surface area contributed by atoms with E-state index in [-0.39, 0.29) is 5.41 Å². The number of methoxy groups -OCH3 is 1. The molecule has 0 radical (unpaired) electrons. The number of rotatable bonds is 5. The van der Waals surface area contributed by atoms with Crippen molar-refractivity contribution in [2.24, 2.45) is 0 Å². The molecule has 0 aromatic heterocycles. The summed E-state index contributed by atoms with van der Waals surface area (Å²) < 4.78 is 5.52. The van der Waals surface area contributed by atoms with Gasteiger partial charge in [-0.3, -0.25) is 4.90 Å². The molecule has 0 atom stereocenters. The highest BCUT2D eigenvalue weighted by molar-refractivity contribution is 5.43. The summed E-state index contributed by atoms with van der Waals surface area (Å²) in [6.45, 7) is 3.23. The molecule has 0 unspecified atom stereocenters. The normalized spacial score (nSPS) is 16.8. The van der Waals surface area contributed by atoms with Gasteiger partial charge in [-0.25, -0.2) is 0 Å². The third kappa shape index (κ3) is 3.77. The average Bonchev–Trinajstić information content (AvgIpc) is 2.76. The van der Waals surface area contributed by atoms with E-state index >= 15 is 0 Å². The van der Waals surface area contributed by atoms with Gasteiger partial charge in [0.15, 0.2) is 0 Å². The van der Waals surface area contributed by atoms with E-state index in [9.17, 15) is 0 Å². The monoisotopic (exact) mass is 357 g/mol. The number of piperidine rings is 1. The van der Waals surface area contributed by atoms with Crippen LogP contribution in [0.1, 0.15) is 29.5 Å². The molecule has 27 heavy (non-hydrogen) atoms. The van der Waals surface area contributed by atoms with Crippen LogP contribution in [0.25, 0.3) is 0 Å². The zero-order valence-electron chi connectivity index (χ0n) is 16.0. The van der Waals surface area contributed by atoms with Crippen molar-refractivity contribution in [2.75, 3.05) is 20.2 Å². The summed E-state index contributed by atoms with van der Waals surface area (Å²) in [6.07, 6.45) is 2.24. The fourth-order valence-electron chi connectivity index (χ4n) is 4.36. The van der Waals surface area contributed by atoms with Crippen molar-refractivity contribution in [2.45, 2.75) is 24.8 Å². The van der Waals surface area contributed by atoms with Gasteiger partial charge in [0.05, 0.1) is 7.11 Å². The van der Waals surface area contributed by atoms with Gasteiger partial charge in [-0.05, 0) is 54.8 Å². The molecule has 138 valence electrons.